The zero-order valence-electron chi connectivity index (χ0n) is 13.0. The molecular formula is C17H20N4O2. The summed E-state index contributed by atoms with van der Waals surface area (Å²) >= 11 is 0. The molecule has 6 nitrogen and oxygen atoms in total. The van der Waals surface area contributed by atoms with E-state index in [2.05, 4.69) is 27.2 Å². The van der Waals surface area contributed by atoms with E-state index in [0.717, 1.165) is 12.8 Å². The largest absolute Gasteiger partial charge is 0.424 e. The third-order valence-corrected chi connectivity index (χ3v) is 3.14. The second-order valence-electron chi connectivity index (χ2n) is 4.89. The van der Waals surface area contributed by atoms with Crippen molar-refractivity contribution in [1.29, 1.82) is 0 Å². The lowest BCUT2D eigenvalue weighted by Crippen LogP contribution is -2.37. The van der Waals surface area contributed by atoms with Crippen LogP contribution in [-0.4, -0.2) is 22.0 Å². The van der Waals surface area contributed by atoms with E-state index in [0.29, 0.717) is 11.4 Å². The molecule has 0 saturated heterocycles. The Morgan fingerprint density at radius 1 is 1.30 bits per heavy atom. The Morgan fingerprint density at radius 3 is 2.61 bits per heavy atom. The number of carbonyl (C=O) groups excluding carboxylic acids is 1. The SMILES string of the molecule is C=CCC(CC)NC(=O)Nc1ccc(Oc2ncccn2)cc1. The molecule has 0 bridgehead atoms. The van der Waals surface area contributed by atoms with Crippen LogP contribution in [0.2, 0.25) is 0 Å². The van der Waals surface area contributed by atoms with E-state index in [4.69, 9.17) is 4.74 Å². The molecule has 1 aromatic heterocycles. The molecule has 1 heterocycles. The molecule has 23 heavy (non-hydrogen) atoms. The summed E-state index contributed by atoms with van der Waals surface area (Å²) in [5, 5.41) is 5.68. The van der Waals surface area contributed by atoms with E-state index in [1.165, 1.54) is 0 Å². The van der Waals surface area contributed by atoms with E-state index in [-0.39, 0.29) is 18.1 Å². The van der Waals surface area contributed by atoms with Crippen molar-refractivity contribution < 1.29 is 9.53 Å². The Kier molecular flexibility index (Phi) is 6.11. The van der Waals surface area contributed by atoms with Crippen LogP contribution in [0.25, 0.3) is 0 Å². The van der Waals surface area contributed by atoms with Gasteiger partial charge in [-0.15, -0.1) is 6.58 Å². The van der Waals surface area contributed by atoms with Crippen LogP contribution in [0.3, 0.4) is 0 Å². The maximum absolute atomic E-state index is 11.9. The zero-order valence-corrected chi connectivity index (χ0v) is 13.0. The van der Waals surface area contributed by atoms with Gasteiger partial charge in [0.05, 0.1) is 0 Å². The van der Waals surface area contributed by atoms with Crippen molar-refractivity contribution in [1.82, 2.24) is 15.3 Å². The highest BCUT2D eigenvalue weighted by molar-refractivity contribution is 5.89. The molecule has 120 valence electrons. The average Bonchev–Trinajstić information content (AvgIpc) is 2.57. The third-order valence-electron chi connectivity index (χ3n) is 3.14. The summed E-state index contributed by atoms with van der Waals surface area (Å²) in [6, 6.07) is 8.85. The van der Waals surface area contributed by atoms with Gasteiger partial charge in [0.2, 0.25) is 0 Å². The monoisotopic (exact) mass is 312 g/mol. The van der Waals surface area contributed by atoms with Crippen molar-refractivity contribution in [2.24, 2.45) is 0 Å². The molecule has 2 aromatic rings. The van der Waals surface area contributed by atoms with Crippen molar-refractivity contribution in [2.75, 3.05) is 5.32 Å². The first-order chi connectivity index (χ1) is 11.2. The smallest absolute Gasteiger partial charge is 0.321 e. The van der Waals surface area contributed by atoms with Crippen molar-refractivity contribution in [3.8, 4) is 11.8 Å². The molecule has 1 aromatic carbocycles. The molecule has 0 fully saturated rings. The summed E-state index contributed by atoms with van der Waals surface area (Å²) in [6.07, 6.45) is 6.61. The lowest BCUT2D eigenvalue weighted by molar-refractivity contribution is 0.248. The fourth-order valence-electron chi connectivity index (χ4n) is 1.93. The summed E-state index contributed by atoms with van der Waals surface area (Å²) in [5.74, 6) is 0.597. The minimum absolute atomic E-state index is 0.0883. The van der Waals surface area contributed by atoms with Crippen LogP contribution in [-0.2, 0) is 0 Å². The quantitative estimate of drug-likeness (QED) is 0.764. The van der Waals surface area contributed by atoms with Crippen LogP contribution >= 0.6 is 0 Å². The number of nitrogens with one attached hydrogen (secondary N) is 2. The highest BCUT2D eigenvalue weighted by Gasteiger charge is 2.09. The molecule has 0 saturated carbocycles. The number of amides is 2. The van der Waals surface area contributed by atoms with Crippen LogP contribution in [0.5, 0.6) is 11.8 Å². The van der Waals surface area contributed by atoms with E-state index in [1.54, 1.807) is 48.8 Å². The lowest BCUT2D eigenvalue weighted by Gasteiger charge is -2.15. The molecule has 2 N–H and O–H groups in total. The Labute approximate surface area is 135 Å². The number of rotatable bonds is 7. The number of anilines is 1. The van der Waals surface area contributed by atoms with E-state index < -0.39 is 0 Å². The number of nitrogens with zero attached hydrogens (tertiary/aromatic N) is 2. The first kappa shape index (κ1) is 16.5. The molecule has 0 spiro atoms. The second-order valence-corrected chi connectivity index (χ2v) is 4.89. The van der Waals surface area contributed by atoms with E-state index in [1.807, 2.05) is 6.92 Å². The molecule has 1 atom stereocenters. The lowest BCUT2D eigenvalue weighted by atomic mass is 10.1. The Morgan fingerprint density at radius 2 is 2.00 bits per heavy atom. The summed E-state index contributed by atoms with van der Waals surface area (Å²) < 4.78 is 5.49. The molecule has 2 rings (SSSR count). The number of carbonyl (C=O) groups is 1. The molecule has 6 heteroatoms. The summed E-state index contributed by atoms with van der Waals surface area (Å²) in [4.78, 5) is 19.9. The number of aromatic nitrogens is 2. The van der Waals surface area contributed by atoms with Crippen molar-refractivity contribution >= 4 is 11.7 Å². The predicted molar refractivity (Wildman–Crippen MR) is 89.6 cm³/mol. The van der Waals surface area contributed by atoms with Gasteiger partial charge in [-0.2, -0.15) is 0 Å². The van der Waals surface area contributed by atoms with Gasteiger partial charge in [0.25, 0.3) is 0 Å². The molecule has 0 aliphatic rings. The fraction of sp³-hybridized carbons (Fsp3) is 0.235. The van der Waals surface area contributed by atoms with Crippen LogP contribution in [0, 0.1) is 0 Å². The first-order valence-electron chi connectivity index (χ1n) is 7.44. The Balaban J connectivity index is 1.89. The van der Waals surface area contributed by atoms with Gasteiger partial charge in [-0.3, -0.25) is 0 Å². The Hall–Kier alpha value is -2.89. The number of urea groups is 1. The van der Waals surface area contributed by atoms with E-state index >= 15 is 0 Å². The fourth-order valence-corrected chi connectivity index (χ4v) is 1.93. The number of hydrogen-bond donors (Lipinski definition) is 2. The first-order valence-corrected chi connectivity index (χ1v) is 7.44. The van der Waals surface area contributed by atoms with E-state index in [9.17, 15) is 4.79 Å². The van der Waals surface area contributed by atoms with Crippen molar-refractivity contribution in [3.05, 3.63) is 55.4 Å². The maximum atomic E-state index is 11.9. The standard InChI is InChI=1S/C17H20N4O2/c1-3-6-13(4-2)20-16(22)21-14-7-9-15(10-8-14)23-17-18-11-5-12-19-17/h3,5,7-13H,1,4,6H2,2H3,(H2,20,21,22). The molecule has 0 radical (unpaired) electrons. The van der Waals surface area contributed by atoms with Gasteiger partial charge in [0, 0.05) is 24.1 Å². The van der Waals surface area contributed by atoms with Gasteiger partial charge in [0.1, 0.15) is 5.75 Å². The van der Waals surface area contributed by atoms with Crippen LogP contribution in [0.4, 0.5) is 10.5 Å². The van der Waals surface area contributed by atoms with Gasteiger partial charge < -0.3 is 15.4 Å². The minimum atomic E-state index is -0.237. The predicted octanol–water partition coefficient (Wildman–Crippen LogP) is 3.75. The average molecular weight is 312 g/mol. The van der Waals surface area contributed by atoms with Gasteiger partial charge in [-0.05, 0) is 43.2 Å². The number of benzene rings is 1. The molecule has 1 unspecified atom stereocenters. The molecule has 0 aliphatic carbocycles. The Bertz CT molecular complexity index is 629. The molecule has 2 amide bonds. The zero-order chi connectivity index (χ0) is 16.5. The minimum Gasteiger partial charge on any atom is -0.424 e. The van der Waals surface area contributed by atoms with Crippen molar-refractivity contribution in [2.45, 2.75) is 25.8 Å². The number of ether oxygens (including phenoxy) is 1. The second kappa shape index (κ2) is 8.53. The summed E-state index contributed by atoms with van der Waals surface area (Å²) in [6.45, 7) is 5.71. The van der Waals surface area contributed by atoms with Crippen LogP contribution < -0.4 is 15.4 Å². The highest BCUT2D eigenvalue weighted by atomic mass is 16.5. The summed E-state index contributed by atoms with van der Waals surface area (Å²) in [5.41, 5.74) is 0.678. The van der Waals surface area contributed by atoms with Gasteiger partial charge in [0.15, 0.2) is 0 Å². The summed E-state index contributed by atoms with van der Waals surface area (Å²) in [7, 11) is 0. The molecule has 0 aliphatic heterocycles. The third kappa shape index (κ3) is 5.43. The molecular weight excluding hydrogens is 292 g/mol. The number of hydrogen-bond acceptors (Lipinski definition) is 4. The van der Waals surface area contributed by atoms with Crippen LogP contribution in [0.1, 0.15) is 19.8 Å². The van der Waals surface area contributed by atoms with Crippen LogP contribution in [0.15, 0.2) is 55.4 Å². The maximum Gasteiger partial charge on any atom is 0.321 e. The topological polar surface area (TPSA) is 76.1 Å². The highest BCUT2D eigenvalue weighted by Crippen LogP contribution is 2.19. The van der Waals surface area contributed by atoms with Gasteiger partial charge >= 0.3 is 12.0 Å². The normalized spacial score (nSPS) is 11.3. The van der Waals surface area contributed by atoms with Gasteiger partial charge in [-0.1, -0.05) is 13.0 Å². The van der Waals surface area contributed by atoms with Gasteiger partial charge in [-0.25, -0.2) is 14.8 Å². The van der Waals surface area contributed by atoms with Crippen molar-refractivity contribution in [3.63, 3.8) is 0 Å².